The zero-order chi connectivity index (χ0) is 14.7. The molecule has 1 saturated heterocycles. The summed E-state index contributed by atoms with van der Waals surface area (Å²) in [6, 6.07) is 6.87. The monoisotopic (exact) mass is 277 g/mol. The number of ether oxygens (including phenoxy) is 1. The topological polar surface area (TPSA) is 66.8 Å². The van der Waals surface area contributed by atoms with Gasteiger partial charge in [-0.3, -0.25) is 9.59 Å². The molecule has 1 aliphatic heterocycles. The van der Waals surface area contributed by atoms with Crippen LogP contribution in [-0.2, 0) is 9.59 Å². The maximum absolute atomic E-state index is 12.0. The average Bonchev–Trinajstić information content (AvgIpc) is 2.77. The molecule has 0 radical (unpaired) electrons. The van der Waals surface area contributed by atoms with E-state index in [-0.39, 0.29) is 18.4 Å². The van der Waals surface area contributed by atoms with Crippen LogP contribution >= 0.6 is 0 Å². The summed E-state index contributed by atoms with van der Waals surface area (Å²) in [6.07, 6.45) is 0.886. The lowest BCUT2D eigenvalue weighted by atomic mass is 9.93. The summed E-state index contributed by atoms with van der Waals surface area (Å²) < 4.78 is 5.10. The van der Waals surface area contributed by atoms with Crippen molar-refractivity contribution in [1.82, 2.24) is 4.90 Å². The van der Waals surface area contributed by atoms with Crippen molar-refractivity contribution >= 4 is 11.9 Å². The Morgan fingerprint density at radius 2 is 2.05 bits per heavy atom. The summed E-state index contributed by atoms with van der Waals surface area (Å²) in [4.78, 5) is 25.1. The molecular formula is C15H19NO4. The number of carboxylic acid groups (broad SMARTS) is 1. The molecule has 1 amide bonds. The Labute approximate surface area is 118 Å². The summed E-state index contributed by atoms with van der Waals surface area (Å²) in [5, 5.41) is 9.35. The number of hydrogen-bond acceptors (Lipinski definition) is 3. The van der Waals surface area contributed by atoms with Crippen LogP contribution in [0.1, 0.15) is 31.4 Å². The third-order valence-electron chi connectivity index (χ3n) is 3.67. The van der Waals surface area contributed by atoms with Crippen LogP contribution in [0, 0.1) is 5.92 Å². The van der Waals surface area contributed by atoms with E-state index < -0.39 is 11.9 Å². The first-order chi connectivity index (χ1) is 9.58. The number of rotatable bonds is 5. The lowest BCUT2D eigenvalue weighted by molar-refractivity contribution is -0.142. The van der Waals surface area contributed by atoms with Crippen LogP contribution in [0.2, 0.25) is 0 Å². The molecule has 1 aromatic carbocycles. The first-order valence-electron chi connectivity index (χ1n) is 6.74. The predicted molar refractivity (Wildman–Crippen MR) is 73.5 cm³/mol. The number of carbonyl (C=O) groups is 2. The Kier molecular flexibility index (Phi) is 4.27. The second-order valence-electron chi connectivity index (χ2n) is 4.95. The zero-order valence-electron chi connectivity index (χ0n) is 11.7. The molecule has 0 spiro atoms. The molecule has 1 heterocycles. The fraction of sp³-hybridized carbons (Fsp3) is 0.467. The van der Waals surface area contributed by atoms with Gasteiger partial charge in [-0.2, -0.15) is 0 Å². The van der Waals surface area contributed by atoms with Crippen molar-refractivity contribution in [3.63, 3.8) is 0 Å². The summed E-state index contributed by atoms with van der Waals surface area (Å²) in [7, 11) is 1.58. The third kappa shape index (κ3) is 2.61. The molecule has 1 N–H and O–H groups in total. The third-order valence-corrected chi connectivity index (χ3v) is 3.67. The van der Waals surface area contributed by atoms with Crippen LogP contribution in [0.25, 0.3) is 0 Å². The van der Waals surface area contributed by atoms with E-state index in [0.29, 0.717) is 12.3 Å². The first kappa shape index (κ1) is 14.4. The van der Waals surface area contributed by atoms with E-state index in [9.17, 15) is 14.7 Å². The van der Waals surface area contributed by atoms with Gasteiger partial charge < -0.3 is 14.7 Å². The fourth-order valence-corrected chi connectivity index (χ4v) is 2.73. The van der Waals surface area contributed by atoms with Gasteiger partial charge in [-0.05, 0) is 24.1 Å². The Bertz CT molecular complexity index is 497. The molecule has 1 fully saturated rings. The van der Waals surface area contributed by atoms with Crippen LogP contribution in [0.3, 0.4) is 0 Å². The summed E-state index contributed by atoms with van der Waals surface area (Å²) in [5.41, 5.74) is 0.845. The molecule has 0 saturated carbocycles. The molecule has 1 aliphatic rings. The highest BCUT2D eigenvalue weighted by Crippen LogP contribution is 2.38. The number of benzene rings is 1. The van der Waals surface area contributed by atoms with E-state index in [1.54, 1.807) is 24.1 Å². The highest BCUT2D eigenvalue weighted by atomic mass is 16.5. The second kappa shape index (κ2) is 5.94. The number of carboxylic acids is 1. The van der Waals surface area contributed by atoms with E-state index in [0.717, 1.165) is 12.0 Å². The number of carbonyl (C=O) groups excluding carboxylic acids is 1. The second-order valence-corrected chi connectivity index (χ2v) is 4.95. The molecule has 2 atom stereocenters. The van der Waals surface area contributed by atoms with Gasteiger partial charge in [-0.1, -0.05) is 19.1 Å². The Morgan fingerprint density at radius 3 is 2.55 bits per heavy atom. The molecule has 2 unspecified atom stereocenters. The normalized spacial score (nSPS) is 22.1. The first-order valence-corrected chi connectivity index (χ1v) is 6.74. The van der Waals surface area contributed by atoms with Crippen molar-refractivity contribution in [2.24, 2.45) is 5.92 Å². The number of amides is 1. The maximum Gasteiger partial charge on any atom is 0.309 e. The van der Waals surface area contributed by atoms with Crippen molar-refractivity contribution in [3.05, 3.63) is 29.8 Å². The Morgan fingerprint density at radius 1 is 1.40 bits per heavy atom. The molecular weight excluding hydrogens is 258 g/mol. The van der Waals surface area contributed by atoms with Crippen molar-refractivity contribution in [1.29, 1.82) is 0 Å². The quantitative estimate of drug-likeness (QED) is 0.894. The number of nitrogens with zero attached hydrogens (tertiary/aromatic N) is 1. The summed E-state index contributed by atoms with van der Waals surface area (Å²) in [5.74, 6) is -0.965. The summed E-state index contributed by atoms with van der Waals surface area (Å²) >= 11 is 0. The van der Waals surface area contributed by atoms with Crippen LogP contribution < -0.4 is 4.74 Å². The molecule has 20 heavy (non-hydrogen) atoms. The van der Waals surface area contributed by atoms with Gasteiger partial charge in [0, 0.05) is 13.0 Å². The predicted octanol–water partition coefficient (Wildman–Crippen LogP) is 2.08. The van der Waals surface area contributed by atoms with Gasteiger partial charge >= 0.3 is 5.97 Å². The highest BCUT2D eigenvalue weighted by molar-refractivity contribution is 5.87. The van der Waals surface area contributed by atoms with Gasteiger partial charge in [0.15, 0.2) is 0 Å². The molecule has 0 bridgehead atoms. The minimum atomic E-state index is -0.919. The molecule has 108 valence electrons. The summed E-state index contributed by atoms with van der Waals surface area (Å²) in [6.45, 7) is 2.56. The molecule has 0 aliphatic carbocycles. The molecule has 5 heteroatoms. The lowest BCUT2D eigenvalue weighted by Crippen LogP contribution is -2.31. The van der Waals surface area contributed by atoms with E-state index >= 15 is 0 Å². The van der Waals surface area contributed by atoms with Crippen LogP contribution in [0.4, 0.5) is 0 Å². The molecule has 0 aromatic heterocycles. The number of methoxy groups -OCH3 is 1. The van der Waals surface area contributed by atoms with Gasteiger partial charge in [0.25, 0.3) is 0 Å². The van der Waals surface area contributed by atoms with E-state index in [1.807, 2.05) is 19.1 Å². The van der Waals surface area contributed by atoms with Crippen molar-refractivity contribution in [2.45, 2.75) is 25.8 Å². The van der Waals surface area contributed by atoms with Gasteiger partial charge in [-0.15, -0.1) is 0 Å². The average molecular weight is 277 g/mol. The lowest BCUT2D eigenvalue weighted by Gasteiger charge is -2.27. The van der Waals surface area contributed by atoms with Gasteiger partial charge in [-0.25, -0.2) is 0 Å². The number of aliphatic carboxylic acids is 1. The van der Waals surface area contributed by atoms with Gasteiger partial charge in [0.1, 0.15) is 5.75 Å². The van der Waals surface area contributed by atoms with Crippen molar-refractivity contribution in [2.75, 3.05) is 13.7 Å². The minimum Gasteiger partial charge on any atom is -0.497 e. The van der Waals surface area contributed by atoms with Crippen molar-refractivity contribution in [3.8, 4) is 5.75 Å². The number of likely N-dealkylation sites (tertiary alicyclic amines) is 1. The van der Waals surface area contributed by atoms with E-state index in [2.05, 4.69) is 0 Å². The molecule has 1 aromatic rings. The largest absolute Gasteiger partial charge is 0.497 e. The maximum atomic E-state index is 12.0. The Balaban J connectivity index is 2.35. The zero-order valence-corrected chi connectivity index (χ0v) is 11.7. The smallest absolute Gasteiger partial charge is 0.309 e. The van der Waals surface area contributed by atoms with Crippen LogP contribution in [0.5, 0.6) is 5.75 Å². The van der Waals surface area contributed by atoms with E-state index in [1.165, 1.54) is 0 Å². The number of hydrogen-bond donors (Lipinski definition) is 1. The van der Waals surface area contributed by atoms with Gasteiger partial charge in [0.2, 0.25) is 5.91 Å². The Hall–Kier alpha value is -2.04. The standard InChI is InChI=1S/C15H19NO4/c1-3-8-16-13(17)9-12(15(18)19)14(16)10-4-6-11(20-2)7-5-10/h4-7,12,14H,3,8-9H2,1-2H3,(H,18,19). The van der Waals surface area contributed by atoms with Crippen LogP contribution in [0.15, 0.2) is 24.3 Å². The fourth-order valence-electron chi connectivity index (χ4n) is 2.73. The van der Waals surface area contributed by atoms with Gasteiger partial charge in [0.05, 0.1) is 19.1 Å². The molecule has 5 nitrogen and oxygen atoms in total. The highest BCUT2D eigenvalue weighted by Gasteiger charge is 2.44. The minimum absolute atomic E-state index is 0.0754. The van der Waals surface area contributed by atoms with E-state index in [4.69, 9.17) is 4.74 Å². The van der Waals surface area contributed by atoms with Crippen LogP contribution in [-0.4, -0.2) is 35.5 Å². The van der Waals surface area contributed by atoms with Crippen molar-refractivity contribution < 1.29 is 19.4 Å². The SMILES string of the molecule is CCCN1C(=O)CC(C(=O)O)C1c1ccc(OC)cc1. The molecule has 2 rings (SSSR count).